The molecule has 1 aliphatic heterocycles. The van der Waals surface area contributed by atoms with Gasteiger partial charge in [-0.05, 0) is 31.5 Å². The van der Waals surface area contributed by atoms with Crippen LogP contribution in [-0.2, 0) is 14.8 Å². The van der Waals surface area contributed by atoms with Gasteiger partial charge in [0, 0.05) is 31.6 Å². The van der Waals surface area contributed by atoms with Crippen LogP contribution in [0.5, 0.6) is 0 Å². The van der Waals surface area contributed by atoms with Gasteiger partial charge in [-0.15, -0.1) is 0 Å². The van der Waals surface area contributed by atoms with Crippen molar-refractivity contribution in [2.75, 3.05) is 32.5 Å². The van der Waals surface area contributed by atoms with Gasteiger partial charge in [-0.2, -0.15) is 0 Å². The topological polar surface area (TPSA) is 70.9 Å². The molecule has 1 heterocycles. The summed E-state index contributed by atoms with van der Waals surface area (Å²) in [5, 5.41) is 2.98. The van der Waals surface area contributed by atoms with Crippen molar-refractivity contribution in [3.05, 3.63) is 23.2 Å². The van der Waals surface area contributed by atoms with Crippen molar-refractivity contribution in [3.63, 3.8) is 0 Å². The zero-order chi connectivity index (χ0) is 19.6. The number of nitrogens with zero attached hydrogens (tertiary/aromatic N) is 1. The number of sulfonamides is 1. The zero-order valence-electron chi connectivity index (χ0n) is 16.0. The highest BCUT2D eigenvalue weighted by atomic mass is 35.5. The Labute approximate surface area is 161 Å². The van der Waals surface area contributed by atoms with Crippen LogP contribution in [0.4, 0.5) is 5.69 Å². The molecular formula is C18H29ClN3O3S+. The number of hydrogen-bond donors (Lipinski definition) is 2. The molecule has 0 radical (unpaired) electrons. The summed E-state index contributed by atoms with van der Waals surface area (Å²) in [6.07, 6.45) is 1.20. The van der Waals surface area contributed by atoms with E-state index in [2.05, 4.69) is 19.2 Å². The number of halogens is 1. The molecule has 0 bridgehead atoms. The van der Waals surface area contributed by atoms with E-state index in [4.69, 9.17) is 11.6 Å². The van der Waals surface area contributed by atoms with E-state index in [-0.39, 0.29) is 21.9 Å². The summed E-state index contributed by atoms with van der Waals surface area (Å²) in [6, 6.07) is 4.33. The molecular weight excluding hydrogens is 374 g/mol. The Morgan fingerprint density at radius 2 is 1.85 bits per heavy atom. The summed E-state index contributed by atoms with van der Waals surface area (Å²) in [5.74, 6) is 1.07. The normalized spacial score (nSPS) is 25.1. The van der Waals surface area contributed by atoms with Crippen molar-refractivity contribution >= 4 is 33.2 Å². The third-order valence-electron chi connectivity index (χ3n) is 4.99. The van der Waals surface area contributed by atoms with Crippen LogP contribution in [-0.4, -0.2) is 51.9 Å². The average molecular weight is 403 g/mol. The largest absolute Gasteiger partial charge is 0.324 e. The molecule has 0 aliphatic carbocycles. The van der Waals surface area contributed by atoms with E-state index in [1.165, 1.54) is 37.5 Å². The van der Waals surface area contributed by atoms with Gasteiger partial charge in [0.2, 0.25) is 10.0 Å². The SMILES string of the molecule is C[C@@H]1C[C@H](C)C[NH+]([C@@H](C)C(=O)Nc2ccc(Cl)c(S(=O)(=O)N(C)C)c2)C1. The molecule has 1 aromatic carbocycles. The molecule has 1 aliphatic rings. The Kier molecular flexibility index (Phi) is 6.71. The zero-order valence-corrected chi connectivity index (χ0v) is 17.6. The van der Waals surface area contributed by atoms with E-state index < -0.39 is 10.0 Å². The van der Waals surface area contributed by atoms with Crippen LogP contribution >= 0.6 is 11.6 Å². The second-order valence-electron chi connectivity index (χ2n) is 7.66. The Hall–Kier alpha value is -1.15. The lowest BCUT2D eigenvalue weighted by atomic mass is 9.91. The van der Waals surface area contributed by atoms with Crippen LogP contribution in [0.3, 0.4) is 0 Å². The van der Waals surface area contributed by atoms with E-state index in [1.807, 2.05) is 6.92 Å². The van der Waals surface area contributed by atoms with E-state index >= 15 is 0 Å². The van der Waals surface area contributed by atoms with Crippen LogP contribution in [0.2, 0.25) is 5.02 Å². The molecule has 1 unspecified atom stereocenters. The van der Waals surface area contributed by atoms with Gasteiger partial charge in [0.05, 0.1) is 18.1 Å². The first-order valence-corrected chi connectivity index (χ1v) is 10.7. The summed E-state index contributed by atoms with van der Waals surface area (Å²) < 4.78 is 25.8. The summed E-state index contributed by atoms with van der Waals surface area (Å²) in [7, 11) is -0.785. The Morgan fingerprint density at radius 1 is 1.27 bits per heavy atom. The number of hydrogen-bond acceptors (Lipinski definition) is 3. The predicted molar refractivity (Wildman–Crippen MR) is 104 cm³/mol. The van der Waals surface area contributed by atoms with Crippen molar-refractivity contribution < 1.29 is 18.1 Å². The number of piperidine rings is 1. The second kappa shape index (κ2) is 8.25. The van der Waals surface area contributed by atoms with Crippen LogP contribution in [0.1, 0.15) is 27.2 Å². The molecule has 26 heavy (non-hydrogen) atoms. The maximum Gasteiger partial charge on any atom is 0.282 e. The second-order valence-corrected chi connectivity index (χ2v) is 10.2. The highest BCUT2D eigenvalue weighted by Crippen LogP contribution is 2.26. The lowest BCUT2D eigenvalue weighted by molar-refractivity contribution is -0.925. The van der Waals surface area contributed by atoms with Crippen LogP contribution in [0.25, 0.3) is 0 Å². The Bertz CT molecular complexity index is 757. The molecule has 146 valence electrons. The van der Waals surface area contributed by atoms with Crippen molar-refractivity contribution in [1.29, 1.82) is 0 Å². The lowest BCUT2D eigenvalue weighted by Gasteiger charge is -2.35. The molecule has 2 rings (SSSR count). The Balaban J connectivity index is 2.16. The molecule has 1 amide bonds. The molecule has 0 saturated carbocycles. The molecule has 0 spiro atoms. The standard InChI is InChI=1S/C18H28ClN3O3S/c1-12-8-13(2)11-22(10-12)14(3)18(23)20-15-6-7-16(19)17(9-15)26(24,25)21(4)5/h6-7,9,12-14H,8,10-11H2,1-5H3,(H,20,23)/p+1/t12-,13+,14-/m0/s1. The van der Waals surface area contributed by atoms with Crippen molar-refractivity contribution in [2.45, 2.75) is 38.1 Å². The van der Waals surface area contributed by atoms with Crippen LogP contribution in [0, 0.1) is 11.8 Å². The number of nitrogens with one attached hydrogen (secondary N) is 2. The van der Waals surface area contributed by atoms with Crippen LogP contribution in [0.15, 0.2) is 23.1 Å². The van der Waals surface area contributed by atoms with E-state index in [0.29, 0.717) is 17.5 Å². The highest BCUT2D eigenvalue weighted by molar-refractivity contribution is 7.89. The van der Waals surface area contributed by atoms with Gasteiger partial charge in [0.25, 0.3) is 5.91 Å². The monoisotopic (exact) mass is 402 g/mol. The van der Waals surface area contributed by atoms with Crippen LogP contribution < -0.4 is 10.2 Å². The first kappa shape index (κ1) is 21.2. The van der Waals surface area contributed by atoms with Gasteiger partial charge in [-0.25, -0.2) is 12.7 Å². The number of carbonyl (C=O) groups excluding carboxylic acids is 1. The maximum absolute atomic E-state index is 12.7. The first-order valence-electron chi connectivity index (χ1n) is 8.90. The molecule has 1 fully saturated rings. The molecule has 2 N–H and O–H groups in total. The fourth-order valence-electron chi connectivity index (χ4n) is 3.60. The summed E-state index contributed by atoms with van der Waals surface area (Å²) >= 11 is 6.06. The highest BCUT2D eigenvalue weighted by Gasteiger charge is 2.32. The lowest BCUT2D eigenvalue weighted by Crippen LogP contribution is -3.18. The van der Waals surface area contributed by atoms with Gasteiger partial charge in [0.1, 0.15) is 4.90 Å². The predicted octanol–water partition coefficient (Wildman–Crippen LogP) is 1.48. The number of likely N-dealkylation sites (tertiary alicyclic amines) is 1. The third kappa shape index (κ3) is 4.76. The minimum atomic E-state index is -3.68. The summed E-state index contributed by atoms with van der Waals surface area (Å²) in [5.41, 5.74) is 0.434. The van der Waals surface area contributed by atoms with Crippen molar-refractivity contribution in [2.24, 2.45) is 11.8 Å². The van der Waals surface area contributed by atoms with Gasteiger partial charge in [0.15, 0.2) is 6.04 Å². The maximum atomic E-state index is 12.7. The number of carbonyl (C=O) groups is 1. The van der Waals surface area contributed by atoms with Crippen molar-refractivity contribution in [1.82, 2.24) is 4.31 Å². The minimum Gasteiger partial charge on any atom is -0.324 e. The van der Waals surface area contributed by atoms with Gasteiger partial charge in [-0.3, -0.25) is 4.79 Å². The number of rotatable bonds is 5. The third-order valence-corrected chi connectivity index (χ3v) is 7.29. The number of amides is 1. The number of quaternary nitrogens is 1. The van der Waals surface area contributed by atoms with Crippen molar-refractivity contribution in [3.8, 4) is 0 Å². The van der Waals surface area contributed by atoms with Gasteiger partial charge < -0.3 is 10.2 Å². The van der Waals surface area contributed by atoms with Gasteiger partial charge in [-0.1, -0.05) is 25.4 Å². The Morgan fingerprint density at radius 3 is 2.38 bits per heavy atom. The fourth-order valence-corrected chi connectivity index (χ4v) is 4.99. The number of anilines is 1. The van der Waals surface area contributed by atoms with E-state index in [0.717, 1.165) is 17.4 Å². The summed E-state index contributed by atoms with van der Waals surface area (Å²) in [6.45, 7) is 8.30. The smallest absolute Gasteiger partial charge is 0.282 e. The molecule has 4 atom stereocenters. The quantitative estimate of drug-likeness (QED) is 0.783. The molecule has 0 aromatic heterocycles. The molecule has 1 aromatic rings. The summed E-state index contributed by atoms with van der Waals surface area (Å²) in [4.78, 5) is 13.9. The molecule has 6 nitrogen and oxygen atoms in total. The van der Waals surface area contributed by atoms with Gasteiger partial charge >= 0.3 is 0 Å². The molecule has 8 heteroatoms. The average Bonchev–Trinajstić information content (AvgIpc) is 2.54. The first-order chi connectivity index (χ1) is 12.0. The van der Waals surface area contributed by atoms with E-state index in [9.17, 15) is 13.2 Å². The number of benzene rings is 1. The minimum absolute atomic E-state index is 0.0119. The van der Waals surface area contributed by atoms with E-state index in [1.54, 1.807) is 6.07 Å². The fraction of sp³-hybridized carbons (Fsp3) is 0.611. The molecule has 1 saturated heterocycles.